The molecule has 1 amide bonds. The highest BCUT2D eigenvalue weighted by Gasteiger charge is 2.09. The molecule has 5 heteroatoms. The van der Waals surface area contributed by atoms with Crippen LogP contribution in [-0.2, 0) is 4.79 Å². The largest absolute Gasteiger partial charge is 0.354 e. The minimum atomic E-state index is 0.0229. The molecule has 0 aromatic heterocycles. The van der Waals surface area contributed by atoms with Gasteiger partial charge in [0, 0.05) is 37.7 Å². The van der Waals surface area contributed by atoms with E-state index in [1.807, 2.05) is 11.8 Å². The van der Waals surface area contributed by atoms with Crippen LogP contribution < -0.4 is 5.32 Å². The zero-order valence-corrected chi connectivity index (χ0v) is 9.37. The molecule has 0 unspecified atom stereocenters. The van der Waals surface area contributed by atoms with Crippen molar-refractivity contribution in [3.63, 3.8) is 0 Å². The summed E-state index contributed by atoms with van der Waals surface area (Å²) in [6.07, 6.45) is 0. The summed E-state index contributed by atoms with van der Waals surface area (Å²) in [6, 6.07) is 0. The Labute approximate surface area is 89.0 Å². The van der Waals surface area contributed by atoms with Gasteiger partial charge in [-0.25, -0.2) is 0 Å². The first-order chi connectivity index (χ1) is 6.33. The van der Waals surface area contributed by atoms with E-state index in [0.29, 0.717) is 0 Å². The van der Waals surface area contributed by atoms with Crippen molar-refractivity contribution in [1.82, 2.24) is 10.2 Å². The molecule has 0 bridgehead atoms. The average molecular weight is 220 g/mol. The molecule has 0 atom stereocenters. The van der Waals surface area contributed by atoms with Gasteiger partial charge in [-0.15, -0.1) is 0 Å². The predicted molar refractivity (Wildman–Crippen MR) is 60.6 cm³/mol. The van der Waals surface area contributed by atoms with Crippen LogP contribution in [0.25, 0.3) is 0 Å². The molecule has 1 rings (SSSR count). The van der Waals surface area contributed by atoms with E-state index in [9.17, 15) is 4.79 Å². The van der Waals surface area contributed by atoms with Gasteiger partial charge in [-0.05, 0) is 0 Å². The molecular weight excluding hydrogens is 204 g/mol. The Morgan fingerprint density at radius 2 is 2.15 bits per heavy atom. The number of nitrogens with one attached hydrogen (secondary N) is 1. The topological polar surface area (TPSA) is 32.3 Å². The number of nitrogens with zero attached hydrogens (tertiary/aromatic N) is 1. The van der Waals surface area contributed by atoms with Gasteiger partial charge >= 0.3 is 0 Å². The van der Waals surface area contributed by atoms with Crippen LogP contribution in [0.5, 0.6) is 0 Å². The zero-order chi connectivity index (χ0) is 9.52. The fourth-order valence-electron chi connectivity index (χ4n) is 1.23. The number of hydrogen-bond donors (Lipinski definition) is 2. The summed E-state index contributed by atoms with van der Waals surface area (Å²) in [6.45, 7) is 4.03. The number of carbonyl (C=O) groups excluding carboxylic acids is 1. The van der Waals surface area contributed by atoms with Crippen molar-refractivity contribution < 1.29 is 4.79 Å². The zero-order valence-electron chi connectivity index (χ0n) is 7.66. The number of hydrogen-bond acceptors (Lipinski definition) is 4. The monoisotopic (exact) mass is 220 g/mol. The second kappa shape index (κ2) is 6.56. The summed E-state index contributed by atoms with van der Waals surface area (Å²) >= 11 is 5.89. The highest BCUT2D eigenvalue weighted by molar-refractivity contribution is 7.99. The van der Waals surface area contributed by atoms with Crippen LogP contribution in [0.1, 0.15) is 0 Å². The van der Waals surface area contributed by atoms with Gasteiger partial charge in [0.2, 0.25) is 5.91 Å². The van der Waals surface area contributed by atoms with Crippen molar-refractivity contribution in [2.75, 3.05) is 43.4 Å². The minimum Gasteiger partial charge on any atom is -0.354 e. The normalized spacial score (nSPS) is 18.5. The summed E-state index contributed by atoms with van der Waals surface area (Å²) in [4.78, 5) is 13.2. The van der Waals surface area contributed by atoms with Crippen molar-refractivity contribution in [2.45, 2.75) is 0 Å². The summed E-state index contributed by atoms with van der Waals surface area (Å²) in [5.74, 6) is 2.76. The maximum absolute atomic E-state index is 10.8. The number of carbonyl (C=O) groups is 1. The van der Waals surface area contributed by atoms with E-state index < -0.39 is 0 Å². The Balaban J connectivity index is 2.01. The molecule has 1 fully saturated rings. The Hall–Kier alpha value is 0.130. The molecule has 13 heavy (non-hydrogen) atoms. The lowest BCUT2D eigenvalue weighted by molar-refractivity contribution is -0.118. The lowest BCUT2D eigenvalue weighted by Crippen LogP contribution is -2.39. The van der Waals surface area contributed by atoms with Crippen molar-refractivity contribution in [3.8, 4) is 0 Å². The predicted octanol–water partition coefficient (Wildman–Crippen LogP) is 0.0812. The minimum absolute atomic E-state index is 0.0229. The Bertz CT molecular complexity index is 160. The first-order valence-corrected chi connectivity index (χ1v) is 6.29. The standard InChI is InChI=1S/C8H16N2OS2/c11-8(7-12)9-1-2-10-3-5-13-6-4-10/h12H,1-7H2,(H,9,11). The molecule has 1 N–H and O–H groups in total. The molecule has 3 nitrogen and oxygen atoms in total. The van der Waals surface area contributed by atoms with Gasteiger partial charge in [0.05, 0.1) is 5.75 Å². The number of thiol groups is 1. The molecule has 1 heterocycles. The highest BCUT2D eigenvalue weighted by Crippen LogP contribution is 2.07. The molecule has 0 radical (unpaired) electrons. The smallest absolute Gasteiger partial charge is 0.229 e. The maximum Gasteiger partial charge on any atom is 0.229 e. The van der Waals surface area contributed by atoms with E-state index in [-0.39, 0.29) is 11.7 Å². The van der Waals surface area contributed by atoms with Crippen LogP contribution in [0.15, 0.2) is 0 Å². The molecule has 0 aromatic carbocycles. The molecule has 1 aliphatic rings. The Morgan fingerprint density at radius 1 is 1.46 bits per heavy atom. The van der Waals surface area contributed by atoms with Crippen LogP contribution in [0.4, 0.5) is 0 Å². The maximum atomic E-state index is 10.8. The van der Waals surface area contributed by atoms with E-state index in [0.717, 1.165) is 26.2 Å². The second-order valence-electron chi connectivity index (χ2n) is 2.96. The molecule has 0 spiro atoms. The third-order valence-electron chi connectivity index (χ3n) is 2.00. The fourth-order valence-corrected chi connectivity index (χ4v) is 2.32. The van der Waals surface area contributed by atoms with Crippen LogP contribution >= 0.6 is 24.4 Å². The molecule has 0 saturated carbocycles. The third-order valence-corrected chi connectivity index (χ3v) is 3.23. The first kappa shape index (κ1) is 11.2. The van der Waals surface area contributed by atoms with Gasteiger partial charge in [0.15, 0.2) is 0 Å². The van der Waals surface area contributed by atoms with Gasteiger partial charge in [-0.1, -0.05) is 0 Å². The first-order valence-electron chi connectivity index (χ1n) is 4.50. The van der Waals surface area contributed by atoms with Gasteiger partial charge in [0.25, 0.3) is 0 Å². The summed E-state index contributed by atoms with van der Waals surface area (Å²) in [7, 11) is 0. The number of rotatable bonds is 4. The number of amides is 1. The van der Waals surface area contributed by atoms with E-state index in [2.05, 4.69) is 22.8 Å². The molecule has 0 aromatic rings. The number of thioether (sulfide) groups is 1. The van der Waals surface area contributed by atoms with Gasteiger partial charge in [-0.2, -0.15) is 24.4 Å². The van der Waals surface area contributed by atoms with Crippen molar-refractivity contribution in [1.29, 1.82) is 0 Å². The van der Waals surface area contributed by atoms with E-state index >= 15 is 0 Å². The lowest BCUT2D eigenvalue weighted by atomic mass is 10.4. The van der Waals surface area contributed by atoms with E-state index in [1.165, 1.54) is 11.5 Å². The molecule has 76 valence electrons. The Kier molecular flexibility index (Phi) is 5.66. The molecule has 1 saturated heterocycles. The Morgan fingerprint density at radius 3 is 2.77 bits per heavy atom. The summed E-state index contributed by atoms with van der Waals surface area (Å²) in [5.41, 5.74) is 0. The van der Waals surface area contributed by atoms with Crippen LogP contribution in [0.2, 0.25) is 0 Å². The van der Waals surface area contributed by atoms with Crippen molar-refractivity contribution >= 4 is 30.3 Å². The average Bonchev–Trinajstić information content (AvgIpc) is 2.19. The van der Waals surface area contributed by atoms with Gasteiger partial charge in [-0.3, -0.25) is 9.69 Å². The third kappa shape index (κ3) is 4.78. The fraction of sp³-hybridized carbons (Fsp3) is 0.875. The van der Waals surface area contributed by atoms with Gasteiger partial charge < -0.3 is 5.32 Å². The molecule has 0 aliphatic carbocycles. The SMILES string of the molecule is O=C(CS)NCCN1CCSCC1. The summed E-state index contributed by atoms with van der Waals surface area (Å²) < 4.78 is 0. The van der Waals surface area contributed by atoms with Crippen LogP contribution in [0, 0.1) is 0 Å². The van der Waals surface area contributed by atoms with Crippen LogP contribution in [-0.4, -0.2) is 54.2 Å². The highest BCUT2D eigenvalue weighted by atomic mass is 32.2. The van der Waals surface area contributed by atoms with E-state index in [4.69, 9.17) is 0 Å². The molecular formula is C8H16N2OS2. The lowest BCUT2D eigenvalue weighted by Gasteiger charge is -2.25. The quantitative estimate of drug-likeness (QED) is 0.658. The van der Waals surface area contributed by atoms with E-state index in [1.54, 1.807) is 0 Å². The van der Waals surface area contributed by atoms with Crippen molar-refractivity contribution in [2.24, 2.45) is 0 Å². The van der Waals surface area contributed by atoms with Crippen LogP contribution in [0.3, 0.4) is 0 Å². The molecule has 1 aliphatic heterocycles. The van der Waals surface area contributed by atoms with Gasteiger partial charge in [0.1, 0.15) is 0 Å². The van der Waals surface area contributed by atoms with Crippen molar-refractivity contribution in [3.05, 3.63) is 0 Å². The summed E-state index contributed by atoms with van der Waals surface area (Å²) in [5, 5.41) is 2.82. The second-order valence-corrected chi connectivity index (χ2v) is 4.50.